The Morgan fingerprint density at radius 2 is 2.00 bits per heavy atom. The van der Waals surface area contributed by atoms with Gasteiger partial charge in [0.15, 0.2) is 0 Å². The highest BCUT2D eigenvalue weighted by Gasteiger charge is 2.36. The molecular formula is C10H20N3O4PS3. The third-order valence-corrected chi connectivity index (χ3v) is 7.59. The van der Waals surface area contributed by atoms with Crippen LogP contribution >= 0.6 is 31.0 Å². The van der Waals surface area contributed by atoms with Crippen molar-refractivity contribution < 1.29 is 18.7 Å². The Kier molecular flexibility index (Phi) is 7.83. The SMILES string of the molecule is CC(=S)NOC(=O)N(C)SN(C(C)C)P1(=S)OCCCO1. The van der Waals surface area contributed by atoms with Gasteiger partial charge in [0, 0.05) is 13.1 Å². The van der Waals surface area contributed by atoms with Gasteiger partial charge < -0.3 is 13.9 Å². The molecule has 1 aliphatic heterocycles. The monoisotopic (exact) mass is 373 g/mol. The van der Waals surface area contributed by atoms with E-state index in [0.717, 1.165) is 18.6 Å². The van der Waals surface area contributed by atoms with Crippen LogP contribution in [-0.4, -0.2) is 45.8 Å². The van der Waals surface area contributed by atoms with Gasteiger partial charge in [-0.2, -0.15) is 4.08 Å². The molecular weight excluding hydrogens is 353 g/mol. The third-order valence-electron chi connectivity index (χ3n) is 2.23. The van der Waals surface area contributed by atoms with Crippen LogP contribution in [0.2, 0.25) is 0 Å². The molecule has 0 aromatic rings. The quantitative estimate of drug-likeness (QED) is 0.347. The van der Waals surface area contributed by atoms with Crippen molar-refractivity contribution >= 4 is 53.9 Å². The van der Waals surface area contributed by atoms with Gasteiger partial charge in [0.05, 0.1) is 25.3 Å². The Balaban J connectivity index is 2.67. The van der Waals surface area contributed by atoms with Gasteiger partial charge >= 0.3 is 6.09 Å². The minimum atomic E-state index is -2.58. The van der Waals surface area contributed by atoms with Crippen molar-refractivity contribution in [2.24, 2.45) is 0 Å². The summed E-state index contributed by atoms with van der Waals surface area (Å²) in [5, 5.41) is 0. The number of nitrogens with zero attached hydrogens (tertiary/aromatic N) is 2. The molecule has 1 fully saturated rings. The molecule has 0 spiro atoms. The fraction of sp³-hybridized carbons (Fsp3) is 0.800. The van der Waals surface area contributed by atoms with Crippen LogP contribution in [0.5, 0.6) is 0 Å². The summed E-state index contributed by atoms with van der Waals surface area (Å²) in [7, 11) is 1.58. The van der Waals surface area contributed by atoms with E-state index in [1.807, 2.05) is 13.8 Å². The van der Waals surface area contributed by atoms with Crippen LogP contribution in [0.25, 0.3) is 0 Å². The summed E-state index contributed by atoms with van der Waals surface area (Å²) in [6.45, 7) is 4.10. The number of thiocarbonyl (C=S) groups is 1. The van der Waals surface area contributed by atoms with Gasteiger partial charge in [0.1, 0.15) is 4.99 Å². The number of amides is 1. The van der Waals surface area contributed by atoms with E-state index < -0.39 is 12.7 Å². The van der Waals surface area contributed by atoms with Gasteiger partial charge in [-0.1, -0.05) is 12.2 Å². The van der Waals surface area contributed by atoms with Crippen LogP contribution in [-0.2, 0) is 25.7 Å². The van der Waals surface area contributed by atoms with Crippen molar-refractivity contribution in [3.05, 3.63) is 0 Å². The van der Waals surface area contributed by atoms with E-state index in [1.165, 1.54) is 4.31 Å². The minimum Gasteiger partial charge on any atom is -0.323 e. The summed E-state index contributed by atoms with van der Waals surface area (Å²) < 4.78 is 14.4. The maximum atomic E-state index is 11.8. The fourth-order valence-corrected chi connectivity index (χ4v) is 5.75. The van der Waals surface area contributed by atoms with Crippen LogP contribution in [0.1, 0.15) is 27.2 Å². The maximum Gasteiger partial charge on any atom is 0.444 e. The van der Waals surface area contributed by atoms with Gasteiger partial charge in [0.2, 0.25) is 0 Å². The predicted molar refractivity (Wildman–Crippen MR) is 91.0 cm³/mol. The molecule has 21 heavy (non-hydrogen) atoms. The van der Waals surface area contributed by atoms with Crippen molar-refractivity contribution in [1.29, 1.82) is 0 Å². The smallest absolute Gasteiger partial charge is 0.323 e. The lowest BCUT2D eigenvalue weighted by Crippen LogP contribution is -2.35. The molecule has 0 radical (unpaired) electrons. The van der Waals surface area contributed by atoms with Gasteiger partial charge in [0.25, 0.3) is 6.64 Å². The molecule has 0 aromatic heterocycles. The first-order chi connectivity index (χ1) is 9.76. The van der Waals surface area contributed by atoms with E-state index in [-0.39, 0.29) is 6.04 Å². The summed E-state index contributed by atoms with van der Waals surface area (Å²) in [6.07, 6.45) is 0.235. The normalized spacial score (nSPS) is 17.6. The van der Waals surface area contributed by atoms with Crippen LogP contribution in [0.15, 0.2) is 0 Å². The molecule has 0 aromatic carbocycles. The van der Waals surface area contributed by atoms with Gasteiger partial charge in [-0.15, -0.1) is 0 Å². The summed E-state index contributed by atoms with van der Waals surface area (Å²) in [5.74, 6) is 0. The van der Waals surface area contributed by atoms with Gasteiger partial charge in [-0.3, -0.25) is 0 Å². The van der Waals surface area contributed by atoms with Gasteiger partial charge in [-0.05, 0) is 39.0 Å². The minimum absolute atomic E-state index is 0.0365. The number of rotatable bonds is 4. The Morgan fingerprint density at radius 1 is 1.43 bits per heavy atom. The highest BCUT2D eigenvalue weighted by atomic mass is 32.5. The van der Waals surface area contributed by atoms with E-state index in [0.29, 0.717) is 18.2 Å². The van der Waals surface area contributed by atoms with Crippen LogP contribution in [0.3, 0.4) is 0 Å². The van der Waals surface area contributed by atoms with Crippen molar-refractivity contribution in [3.63, 3.8) is 0 Å². The third kappa shape index (κ3) is 5.97. The summed E-state index contributed by atoms with van der Waals surface area (Å²) in [5.41, 5.74) is 2.35. The second-order valence-corrected chi connectivity index (χ2v) is 9.75. The van der Waals surface area contributed by atoms with Crippen molar-refractivity contribution in [3.8, 4) is 0 Å². The second kappa shape index (κ2) is 8.61. The zero-order valence-electron chi connectivity index (χ0n) is 12.4. The first kappa shape index (κ1) is 19.1. The van der Waals surface area contributed by atoms with Crippen molar-refractivity contribution in [2.45, 2.75) is 33.2 Å². The first-order valence-corrected chi connectivity index (χ1v) is 10.1. The summed E-state index contributed by atoms with van der Waals surface area (Å²) in [4.78, 5) is 17.0. The number of hydrogen-bond acceptors (Lipinski definition) is 7. The topological polar surface area (TPSA) is 63.3 Å². The maximum absolute atomic E-state index is 11.8. The van der Waals surface area contributed by atoms with Crippen molar-refractivity contribution in [1.82, 2.24) is 13.9 Å². The molecule has 1 rings (SSSR count). The fourth-order valence-electron chi connectivity index (χ4n) is 1.33. The van der Waals surface area contributed by atoms with E-state index in [1.54, 1.807) is 18.0 Å². The lowest BCUT2D eigenvalue weighted by molar-refractivity contribution is 0.107. The lowest BCUT2D eigenvalue weighted by atomic mass is 10.4. The Bertz CT molecular complexity index is 428. The van der Waals surface area contributed by atoms with Crippen LogP contribution < -0.4 is 5.48 Å². The van der Waals surface area contributed by atoms with Gasteiger partial charge in [-0.25, -0.2) is 14.6 Å². The highest BCUT2D eigenvalue weighted by Crippen LogP contribution is 2.59. The molecule has 0 bridgehead atoms. The number of hydrogen-bond donors (Lipinski definition) is 1. The summed E-state index contributed by atoms with van der Waals surface area (Å²) >= 11 is 11.4. The standard InChI is InChI=1S/C10H20N3O4PS3/c1-8(2)13(18(20)15-6-5-7-16-18)21-12(4)10(14)17-11-9(3)19/h8H,5-7H2,1-4H3,(H,11,19). The zero-order chi connectivity index (χ0) is 16.0. The molecule has 1 heterocycles. The van der Waals surface area contributed by atoms with Crippen LogP contribution in [0.4, 0.5) is 4.79 Å². The first-order valence-electron chi connectivity index (χ1n) is 6.34. The Labute approximate surface area is 140 Å². The molecule has 1 aliphatic rings. The van der Waals surface area contributed by atoms with E-state index >= 15 is 0 Å². The molecule has 0 unspecified atom stereocenters. The average molecular weight is 373 g/mol. The Morgan fingerprint density at radius 3 is 2.48 bits per heavy atom. The summed E-state index contributed by atoms with van der Waals surface area (Å²) in [6, 6.07) is 0.0365. The molecule has 1 amide bonds. The lowest BCUT2D eigenvalue weighted by Gasteiger charge is -2.38. The molecule has 1 saturated heterocycles. The van der Waals surface area contributed by atoms with Crippen LogP contribution in [0, 0.1) is 0 Å². The number of nitrogens with one attached hydrogen (secondary N) is 1. The zero-order valence-corrected chi connectivity index (χ0v) is 15.7. The molecule has 7 nitrogen and oxygen atoms in total. The molecule has 11 heteroatoms. The largest absolute Gasteiger partial charge is 0.444 e. The highest BCUT2D eigenvalue weighted by molar-refractivity contribution is 8.15. The molecule has 0 atom stereocenters. The second-order valence-electron chi connectivity index (χ2n) is 4.49. The molecule has 0 saturated carbocycles. The Hall–Kier alpha value is 0.0400. The van der Waals surface area contributed by atoms with E-state index in [2.05, 4.69) is 5.48 Å². The number of carbonyl (C=O) groups excluding carboxylic acids is 1. The molecule has 122 valence electrons. The number of carbonyl (C=O) groups is 1. The predicted octanol–water partition coefficient (Wildman–Crippen LogP) is 2.84. The van der Waals surface area contributed by atoms with E-state index in [9.17, 15) is 4.79 Å². The average Bonchev–Trinajstić information content (AvgIpc) is 2.42. The molecule has 1 N–H and O–H groups in total. The van der Waals surface area contributed by atoms with Crippen molar-refractivity contribution in [2.75, 3.05) is 20.3 Å². The van der Waals surface area contributed by atoms with E-state index in [4.69, 9.17) is 37.9 Å². The molecule has 0 aliphatic carbocycles. The number of hydroxylamine groups is 1.